The van der Waals surface area contributed by atoms with E-state index in [0.717, 1.165) is 19.3 Å². The summed E-state index contributed by atoms with van der Waals surface area (Å²) in [5.74, 6) is 0.222. The van der Waals surface area contributed by atoms with Gasteiger partial charge in [0.1, 0.15) is 0 Å². The average Bonchev–Trinajstić information content (AvgIpc) is 2.58. The molecule has 2 atom stereocenters. The number of rotatable bonds is 4. The Morgan fingerprint density at radius 2 is 1.52 bits per heavy atom. The highest BCUT2D eigenvalue weighted by Crippen LogP contribution is 2.60. The van der Waals surface area contributed by atoms with Gasteiger partial charge in [0, 0.05) is 11.5 Å². The van der Waals surface area contributed by atoms with Crippen LogP contribution in [0.1, 0.15) is 64.2 Å². The van der Waals surface area contributed by atoms with E-state index in [1.807, 2.05) is 0 Å². The minimum atomic E-state index is -4.20. The molecule has 0 aromatic rings. The zero-order valence-corrected chi connectivity index (χ0v) is 15.6. The Morgan fingerprint density at radius 3 is 2.07 bits per heavy atom. The standard InChI is InChI=1S/C20H29F3N2O2/c21-20(22,23)15-2-1-3-16(7-15)25-17(26)11-24-18(27)19-8-12-4-13(9-19)6-14(5-12)10-19/h12-16H,1-11H2,(H,24,27)(H,25,26). The van der Waals surface area contributed by atoms with E-state index in [2.05, 4.69) is 10.6 Å². The molecular formula is C20H29F3N2O2. The Morgan fingerprint density at radius 1 is 0.926 bits per heavy atom. The summed E-state index contributed by atoms with van der Waals surface area (Å²) in [5, 5.41) is 5.49. The van der Waals surface area contributed by atoms with Gasteiger partial charge in [-0.1, -0.05) is 6.42 Å². The molecule has 2 N–H and O–H groups in total. The van der Waals surface area contributed by atoms with E-state index in [-0.39, 0.29) is 36.6 Å². The van der Waals surface area contributed by atoms with E-state index in [1.165, 1.54) is 19.3 Å². The van der Waals surface area contributed by atoms with Crippen LogP contribution >= 0.6 is 0 Å². The summed E-state index contributed by atoms with van der Waals surface area (Å²) in [6.45, 7) is -0.131. The molecule has 5 rings (SSSR count). The lowest BCUT2D eigenvalue weighted by Crippen LogP contribution is -2.55. The summed E-state index contributed by atoms with van der Waals surface area (Å²) >= 11 is 0. The van der Waals surface area contributed by atoms with Crippen molar-refractivity contribution in [3.8, 4) is 0 Å². The van der Waals surface area contributed by atoms with E-state index in [0.29, 0.717) is 30.6 Å². The predicted molar refractivity (Wildman–Crippen MR) is 93.6 cm³/mol. The Balaban J connectivity index is 1.26. The molecule has 0 aromatic heterocycles. The Labute approximate surface area is 158 Å². The maximum Gasteiger partial charge on any atom is 0.391 e. The van der Waals surface area contributed by atoms with E-state index in [9.17, 15) is 22.8 Å². The molecule has 2 amide bonds. The van der Waals surface area contributed by atoms with Gasteiger partial charge in [0.2, 0.25) is 11.8 Å². The van der Waals surface area contributed by atoms with E-state index >= 15 is 0 Å². The summed E-state index contributed by atoms with van der Waals surface area (Å²) in [6, 6.07) is -0.450. The van der Waals surface area contributed by atoms with Gasteiger partial charge >= 0.3 is 6.18 Å². The molecule has 5 aliphatic rings. The van der Waals surface area contributed by atoms with Crippen LogP contribution < -0.4 is 10.6 Å². The molecule has 2 unspecified atom stereocenters. The molecule has 0 spiro atoms. The molecule has 0 aromatic carbocycles. The van der Waals surface area contributed by atoms with Crippen LogP contribution in [-0.4, -0.2) is 30.6 Å². The van der Waals surface area contributed by atoms with Crippen molar-refractivity contribution in [1.29, 1.82) is 0 Å². The smallest absolute Gasteiger partial charge is 0.352 e. The van der Waals surface area contributed by atoms with Crippen LogP contribution in [0.4, 0.5) is 13.2 Å². The van der Waals surface area contributed by atoms with Crippen molar-refractivity contribution in [2.75, 3.05) is 6.54 Å². The first kappa shape index (κ1) is 19.1. The Hall–Kier alpha value is -1.27. The van der Waals surface area contributed by atoms with E-state index in [1.54, 1.807) is 0 Å². The molecule has 0 saturated heterocycles. The molecule has 4 bridgehead atoms. The highest BCUT2D eigenvalue weighted by molar-refractivity contribution is 5.88. The Kier molecular flexibility index (Phi) is 4.91. The zero-order valence-electron chi connectivity index (χ0n) is 15.6. The quantitative estimate of drug-likeness (QED) is 0.776. The zero-order chi connectivity index (χ0) is 19.2. The summed E-state index contributed by atoms with van der Waals surface area (Å²) < 4.78 is 38.7. The van der Waals surface area contributed by atoms with Crippen molar-refractivity contribution >= 4 is 11.8 Å². The van der Waals surface area contributed by atoms with Crippen LogP contribution in [-0.2, 0) is 9.59 Å². The highest BCUT2D eigenvalue weighted by Gasteiger charge is 2.54. The molecule has 27 heavy (non-hydrogen) atoms. The average molecular weight is 386 g/mol. The molecule has 5 fully saturated rings. The molecule has 5 saturated carbocycles. The van der Waals surface area contributed by atoms with Crippen LogP contribution in [0.15, 0.2) is 0 Å². The minimum absolute atomic E-state index is 0.0198. The maximum atomic E-state index is 12.9. The van der Waals surface area contributed by atoms with Crippen molar-refractivity contribution in [2.45, 2.75) is 76.4 Å². The third-order valence-corrected chi connectivity index (χ3v) is 7.43. The lowest BCUT2D eigenvalue weighted by Gasteiger charge is -2.55. The number of hydrogen-bond donors (Lipinski definition) is 2. The number of nitrogens with one attached hydrogen (secondary N) is 2. The topological polar surface area (TPSA) is 58.2 Å². The SMILES string of the molecule is O=C(CNC(=O)C12CC3CC(CC(C3)C1)C2)NC1CCCC(C(F)(F)F)C1. The number of halogens is 3. The number of carbonyl (C=O) groups excluding carboxylic acids is 2. The van der Waals surface area contributed by atoms with Gasteiger partial charge in [0.05, 0.1) is 12.5 Å². The van der Waals surface area contributed by atoms with Gasteiger partial charge in [-0.2, -0.15) is 13.2 Å². The molecule has 0 heterocycles. The van der Waals surface area contributed by atoms with Gasteiger partial charge in [0.15, 0.2) is 0 Å². The normalized spacial score (nSPS) is 40.6. The second-order valence-corrected chi connectivity index (χ2v) is 9.55. The monoisotopic (exact) mass is 386 g/mol. The number of amides is 2. The Bertz CT molecular complexity index is 569. The minimum Gasteiger partial charge on any atom is -0.352 e. The molecule has 0 aliphatic heterocycles. The molecule has 7 heteroatoms. The van der Waals surface area contributed by atoms with Gasteiger partial charge < -0.3 is 10.6 Å². The highest BCUT2D eigenvalue weighted by atomic mass is 19.4. The first-order chi connectivity index (χ1) is 12.7. The lowest BCUT2D eigenvalue weighted by molar-refractivity contribution is -0.184. The molecule has 0 radical (unpaired) electrons. The fraction of sp³-hybridized carbons (Fsp3) is 0.900. The van der Waals surface area contributed by atoms with Crippen LogP contribution in [0.3, 0.4) is 0 Å². The molecule has 152 valence electrons. The van der Waals surface area contributed by atoms with Gasteiger partial charge in [0.25, 0.3) is 0 Å². The molecular weight excluding hydrogens is 357 g/mol. The fourth-order valence-corrected chi connectivity index (χ4v) is 6.63. The number of carbonyl (C=O) groups is 2. The van der Waals surface area contributed by atoms with Crippen molar-refractivity contribution in [3.05, 3.63) is 0 Å². The summed E-state index contributed by atoms with van der Waals surface area (Å²) in [5.41, 5.74) is -0.304. The predicted octanol–water partition coefficient (Wildman–Crippen LogP) is 3.56. The first-order valence-corrected chi connectivity index (χ1v) is 10.4. The van der Waals surface area contributed by atoms with Crippen LogP contribution in [0, 0.1) is 29.1 Å². The van der Waals surface area contributed by atoms with Crippen molar-refractivity contribution in [3.63, 3.8) is 0 Å². The van der Waals surface area contributed by atoms with E-state index < -0.39 is 18.1 Å². The summed E-state index contributed by atoms with van der Waals surface area (Å²) in [6.07, 6.45) is 3.45. The summed E-state index contributed by atoms with van der Waals surface area (Å²) in [4.78, 5) is 25.0. The van der Waals surface area contributed by atoms with Crippen LogP contribution in [0.25, 0.3) is 0 Å². The number of hydrogen-bond acceptors (Lipinski definition) is 2. The fourth-order valence-electron chi connectivity index (χ4n) is 6.63. The van der Waals surface area contributed by atoms with Crippen LogP contribution in [0.2, 0.25) is 0 Å². The largest absolute Gasteiger partial charge is 0.391 e. The maximum absolute atomic E-state index is 12.9. The third kappa shape index (κ3) is 3.97. The van der Waals surface area contributed by atoms with Gasteiger partial charge in [-0.25, -0.2) is 0 Å². The second kappa shape index (κ2) is 6.96. The second-order valence-electron chi connectivity index (χ2n) is 9.55. The number of alkyl halides is 3. The van der Waals surface area contributed by atoms with Gasteiger partial charge in [-0.3, -0.25) is 9.59 Å². The van der Waals surface area contributed by atoms with Crippen molar-refractivity contribution in [2.24, 2.45) is 29.1 Å². The van der Waals surface area contributed by atoms with Crippen molar-refractivity contribution < 1.29 is 22.8 Å². The van der Waals surface area contributed by atoms with E-state index in [4.69, 9.17) is 0 Å². The van der Waals surface area contributed by atoms with Gasteiger partial charge in [-0.15, -0.1) is 0 Å². The van der Waals surface area contributed by atoms with Gasteiger partial charge in [-0.05, 0) is 75.5 Å². The molecule has 4 nitrogen and oxygen atoms in total. The molecule has 5 aliphatic carbocycles. The summed E-state index contributed by atoms with van der Waals surface area (Å²) in [7, 11) is 0. The van der Waals surface area contributed by atoms with Crippen LogP contribution in [0.5, 0.6) is 0 Å². The lowest BCUT2D eigenvalue weighted by atomic mass is 9.49. The first-order valence-electron chi connectivity index (χ1n) is 10.4. The van der Waals surface area contributed by atoms with Crippen molar-refractivity contribution in [1.82, 2.24) is 10.6 Å². The third-order valence-electron chi connectivity index (χ3n) is 7.43.